The molecule has 1 atom stereocenters. The van der Waals surface area contributed by atoms with Crippen molar-refractivity contribution in [2.24, 2.45) is 0 Å². The van der Waals surface area contributed by atoms with E-state index in [1.807, 2.05) is 0 Å². The van der Waals surface area contributed by atoms with Crippen LogP contribution >= 0.6 is 0 Å². The maximum absolute atomic E-state index is 12.7. The van der Waals surface area contributed by atoms with Gasteiger partial charge in [-0.3, -0.25) is 19.7 Å². The maximum Gasteiger partial charge on any atom is 0.295 e. The van der Waals surface area contributed by atoms with Gasteiger partial charge in [0.1, 0.15) is 5.76 Å². The molecule has 3 rings (SSSR count). The molecular weight excluding hydrogens is 364 g/mol. The Balaban J connectivity index is 2.14. The van der Waals surface area contributed by atoms with Gasteiger partial charge in [-0.05, 0) is 24.1 Å². The molecule has 1 aliphatic heterocycles. The standard InChI is InChI=1S/C20H18N2O6/c23-12-4-11-21-17(13-7-9-15(10-8-13)22(27)28)16(19(25)20(21)26)18(24)14-5-2-1-3-6-14/h1-3,5-10,17,23-24H,4,11-12H2/t17-/m1/s1. The Bertz CT molecular complexity index is 937. The Hall–Kier alpha value is -3.52. The van der Waals surface area contributed by atoms with Gasteiger partial charge in [0.15, 0.2) is 0 Å². The Labute approximate surface area is 160 Å². The van der Waals surface area contributed by atoms with E-state index in [-0.39, 0.29) is 36.6 Å². The van der Waals surface area contributed by atoms with Gasteiger partial charge < -0.3 is 15.1 Å². The van der Waals surface area contributed by atoms with Gasteiger partial charge >= 0.3 is 0 Å². The van der Waals surface area contributed by atoms with Crippen molar-refractivity contribution in [1.82, 2.24) is 4.90 Å². The largest absolute Gasteiger partial charge is 0.507 e. The van der Waals surface area contributed by atoms with Crippen molar-refractivity contribution in [1.29, 1.82) is 0 Å². The molecule has 1 amide bonds. The fourth-order valence-corrected chi connectivity index (χ4v) is 3.23. The lowest BCUT2D eigenvalue weighted by atomic mass is 9.95. The van der Waals surface area contributed by atoms with Crippen molar-refractivity contribution in [2.75, 3.05) is 13.2 Å². The van der Waals surface area contributed by atoms with Crippen molar-refractivity contribution >= 4 is 23.1 Å². The highest BCUT2D eigenvalue weighted by Crippen LogP contribution is 2.39. The number of hydrogen-bond acceptors (Lipinski definition) is 6. The summed E-state index contributed by atoms with van der Waals surface area (Å²) in [6, 6.07) is 13.0. The lowest BCUT2D eigenvalue weighted by molar-refractivity contribution is -0.384. The van der Waals surface area contributed by atoms with Crippen molar-refractivity contribution in [3.63, 3.8) is 0 Å². The highest BCUT2D eigenvalue weighted by Gasteiger charge is 2.45. The molecule has 0 aliphatic carbocycles. The predicted molar refractivity (Wildman–Crippen MR) is 100 cm³/mol. The topological polar surface area (TPSA) is 121 Å². The van der Waals surface area contributed by atoms with E-state index in [9.17, 15) is 24.8 Å². The van der Waals surface area contributed by atoms with Crippen molar-refractivity contribution in [3.05, 3.63) is 81.4 Å². The quantitative estimate of drug-likeness (QED) is 0.260. The lowest BCUT2D eigenvalue weighted by Crippen LogP contribution is -2.31. The number of nitrogens with zero attached hydrogens (tertiary/aromatic N) is 2. The molecule has 0 saturated carbocycles. The molecule has 1 saturated heterocycles. The second-order valence-corrected chi connectivity index (χ2v) is 6.28. The first-order valence-corrected chi connectivity index (χ1v) is 8.64. The summed E-state index contributed by atoms with van der Waals surface area (Å²) in [7, 11) is 0. The highest BCUT2D eigenvalue weighted by atomic mass is 16.6. The Morgan fingerprint density at radius 3 is 2.29 bits per heavy atom. The average Bonchev–Trinajstić information content (AvgIpc) is 2.97. The lowest BCUT2D eigenvalue weighted by Gasteiger charge is -2.25. The molecule has 144 valence electrons. The van der Waals surface area contributed by atoms with Gasteiger partial charge in [0.05, 0.1) is 16.5 Å². The van der Waals surface area contributed by atoms with Gasteiger partial charge in [-0.25, -0.2) is 0 Å². The van der Waals surface area contributed by atoms with Gasteiger partial charge in [0.2, 0.25) is 0 Å². The monoisotopic (exact) mass is 382 g/mol. The SMILES string of the molecule is O=C1C(=O)N(CCCO)[C@H](c2ccc([N+](=O)[O-])cc2)C1=C(O)c1ccccc1. The zero-order chi connectivity index (χ0) is 20.3. The number of aliphatic hydroxyl groups excluding tert-OH is 2. The number of non-ortho nitro benzene ring substituents is 1. The number of hydrogen-bond donors (Lipinski definition) is 2. The summed E-state index contributed by atoms with van der Waals surface area (Å²) >= 11 is 0. The van der Waals surface area contributed by atoms with Gasteiger partial charge in [0, 0.05) is 30.8 Å². The summed E-state index contributed by atoms with van der Waals surface area (Å²) in [5, 5.41) is 30.8. The molecular formula is C20H18N2O6. The molecule has 0 unspecified atom stereocenters. The van der Waals surface area contributed by atoms with E-state index in [4.69, 9.17) is 5.11 Å². The molecule has 1 fully saturated rings. The first-order valence-electron chi connectivity index (χ1n) is 8.64. The Morgan fingerprint density at radius 2 is 1.71 bits per heavy atom. The van der Waals surface area contributed by atoms with Gasteiger partial charge in [-0.15, -0.1) is 0 Å². The molecule has 2 N–H and O–H groups in total. The zero-order valence-corrected chi connectivity index (χ0v) is 14.8. The first-order chi connectivity index (χ1) is 13.5. The van der Waals surface area contributed by atoms with E-state index in [0.717, 1.165) is 0 Å². The molecule has 0 spiro atoms. The molecule has 0 aromatic heterocycles. The van der Waals surface area contributed by atoms with Crippen LogP contribution in [0.25, 0.3) is 5.76 Å². The van der Waals surface area contributed by atoms with E-state index in [1.165, 1.54) is 29.2 Å². The summed E-state index contributed by atoms with van der Waals surface area (Å²) < 4.78 is 0. The Morgan fingerprint density at radius 1 is 1.07 bits per heavy atom. The number of ketones is 1. The van der Waals surface area contributed by atoms with Gasteiger partial charge in [-0.1, -0.05) is 30.3 Å². The number of carbonyl (C=O) groups is 2. The summed E-state index contributed by atoms with van der Waals surface area (Å²) in [5.74, 6) is -1.93. The molecule has 8 heteroatoms. The van der Waals surface area contributed by atoms with Crippen LogP contribution in [0.2, 0.25) is 0 Å². The smallest absolute Gasteiger partial charge is 0.295 e. The number of nitro groups is 1. The highest BCUT2D eigenvalue weighted by molar-refractivity contribution is 6.46. The van der Waals surface area contributed by atoms with Crippen LogP contribution in [0.4, 0.5) is 5.69 Å². The second kappa shape index (κ2) is 8.01. The third-order valence-electron chi connectivity index (χ3n) is 4.56. The molecule has 2 aromatic carbocycles. The van der Waals surface area contributed by atoms with Crippen LogP contribution in [-0.2, 0) is 9.59 Å². The normalized spacial score (nSPS) is 18.5. The molecule has 2 aromatic rings. The minimum absolute atomic E-state index is 0.0806. The molecule has 1 heterocycles. The summed E-state index contributed by atoms with van der Waals surface area (Å²) in [5.41, 5.74) is 0.636. The fourth-order valence-electron chi connectivity index (χ4n) is 3.23. The summed E-state index contributed by atoms with van der Waals surface area (Å²) in [4.78, 5) is 36.9. The average molecular weight is 382 g/mol. The fraction of sp³-hybridized carbons (Fsp3) is 0.200. The molecule has 28 heavy (non-hydrogen) atoms. The van der Waals surface area contributed by atoms with Crippen molar-refractivity contribution in [2.45, 2.75) is 12.5 Å². The van der Waals surface area contributed by atoms with Gasteiger partial charge in [0.25, 0.3) is 17.4 Å². The van der Waals surface area contributed by atoms with E-state index in [0.29, 0.717) is 11.1 Å². The number of Topliss-reactive ketones (excluding diaryl/α,β-unsaturated/α-hetero) is 1. The van der Waals surface area contributed by atoms with Crippen LogP contribution in [0.3, 0.4) is 0 Å². The van der Waals surface area contributed by atoms with Crippen LogP contribution in [0.15, 0.2) is 60.2 Å². The van der Waals surface area contributed by atoms with Crippen molar-refractivity contribution < 1.29 is 24.7 Å². The number of aliphatic hydroxyl groups is 2. The minimum atomic E-state index is -0.896. The van der Waals surface area contributed by atoms with E-state index in [2.05, 4.69) is 0 Å². The van der Waals surface area contributed by atoms with E-state index in [1.54, 1.807) is 30.3 Å². The van der Waals surface area contributed by atoms with Crippen LogP contribution < -0.4 is 0 Å². The number of benzene rings is 2. The zero-order valence-electron chi connectivity index (χ0n) is 14.8. The molecule has 8 nitrogen and oxygen atoms in total. The number of nitro benzene ring substituents is 1. The van der Waals surface area contributed by atoms with Crippen LogP contribution in [0.1, 0.15) is 23.6 Å². The summed E-state index contributed by atoms with van der Waals surface area (Å²) in [6.45, 7) is -0.0665. The van der Waals surface area contributed by atoms with E-state index >= 15 is 0 Å². The number of carbonyl (C=O) groups excluding carboxylic acids is 2. The van der Waals surface area contributed by atoms with Crippen molar-refractivity contribution in [3.8, 4) is 0 Å². The molecule has 0 bridgehead atoms. The maximum atomic E-state index is 12.7. The molecule has 0 radical (unpaired) electrons. The summed E-state index contributed by atoms with van der Waals surface area (Å²) in [6.07, 6.45) is 0.252. The predicted octanol–water partition coefficient (Wildman–Crippen LogP) is 2.40. The third kappa shape index (κ3) is 3.49. The van der Waals surface area contributed by atoms with Crippen LogP contribution in [-0.4, -0.2) is 44.9 Å². The van der Waals surface area contributed by atoms with E-state index < -0.39 is 22.7 Å². The molecule has 1 aliphatic rings. The van der Waals surface area contributed by atoms with Crippen LogP contribution in [0, 0.1) is 10.1 Å². The number of amides is 1. The second-order valence-electron chi connectivity index (χ2n) is 6.28. The third-order valence-corrected chi connectivity index (χ3v) is 4.56. The van der Waals surface area contributed by atoms with Gasteiger partial charge in [-0.2, -0.15) is 0 Å². The first kappa shape index (κ1) is 19.2. The van der Waals surface area contributed by atoms with Crippen LogP contribution in [0.5, 0.6) is 0 Å². The Kier molecular flexibility index (Phi) is 5.51. The number of likely N-dealkylation sites (tertiary alicyclic amines) is 1. The number of rotatable bonds is 6. The minimum Gasteiger partial charge on any atom is -0.507 e.